The fourth-order valence-electron chi connectivity index (χ4n) is 1.62. The van der Waals surface area contributed by atoms with Gasteiger partial charge in [0.15, 0.2) is 0 Å². The van der Waals surface area contributed by atoms with E-state index in [0.29, 0.717) is 17.6 Å². The van der Waals surface area contributed by atoms with Crippen LogP contribution in [0.15, 0.2) is 17.5 Å². The van der Waals surface area contributed by atoms with E-state index in [1.165, 1.54) is 11.3 Å². The van der Waals surface area contributed by atoms with E-state index in [-0.39, 0.29) is 5.97 Å². The predicted octanol–water partition coefficient (Wildman–Crippen LogP) is 2.47. The number of carbonyl (C=O) groups is 1. The van der Waals surface area contributed by atoms with Crippen molar-refractivity contribution in [2.24, 2.45) is 0 Å². The van der Waals surface area contributed by atoms with Gasteiger partial charge in [-0.25, -0.2) is 4.79 Å². The Kier molecular flexibility index (Phi) is 3.75. The molecule has 1 atom stereocenters. The van der Waals surface area contributed by atoms with Crippen LogP contribution in [-0.4, -0.2) is 25.3 Å². The van der Waals surface area contributed by atoms with E-state index in [0.717, 1.165) is 25.9 Å². The maximum Gasteiger partial charge on any atom is 0.348 e. The molecular weight excluding hydrogens is 212 g/mol. The molecule has 1 saturated heterocycles. The molecule has 0 bridgehead atoms. The van der Waals surface area contributed by atoms with Gasteiger partial charge in [-0.05, 0) is 24.3 Å². The molecule has 2 heterocycles. The lowest BCUT2D eigenvalue weighted by Gasteiger charge is -2.08. The van der Waals surface area contributed by atoms with Crippen molar-refractivity contribution in [1.82, 2.24) is 0 Å². The average Bonchev–Trinajstić information content (AvgIpc) is 2.90. The first-order chi connectivity index (χ1) is 7.36. The molecular formula is C11H14O3S. The summed E-state index contributed by atoms with van der Waals surface area (Å²) in [6, 6.07) is 3.63. The summed E-state index contributed by atoms with van der Waals surface area (Å²) in [4.78, 5) is 12.1. The third-order valence-electron chi connectivity index (χ3n) is 2.42. The fourth-order valence-corrected chi connectivity index (χ4v) is 2.24. The summed E-state index contributed by atoms with van der Waals surface area (Å²) in [5.41, 5.74) is 0. The van der Waals surface area contributed by atoms with E-state index in [4.69, 9.17) is 9.47 Å². The molecule has 0 spiro atoms. The van der Waals surface area contributed by atoms with Crippen LogP contribution in [-0.2, 0) is 9.47 Å². The Balaban J connectivity index is 1.67. The molecule has 0 radical (unpaired) electrons. The monoisotopic (exact) mass is 226 g/mol. The summed E-state index contributed by atoms with van der Waals surface area (Å²) in [5.74, 6) is -0.219. The van der Waals surface area contributed by atoms with Crippen LogP contribution in [0.3, 0.4) is 0 Å². The molecule has 2 rings (SSSR count). The van der Waals surface area contributed by atoms with E-state index < -0.39 is 0 Å². The lowest BCUT2D eigenvalue weighted by Crippen LogP contribution is -2.12. The fraction of sp³-hybridized carbons (Fsp3) is 0.545. The second-order valence-corrected chi connectivity index (χ2v) is 4.48. The Morgan fingerprint density at radius 3 is 3.27 bits per heavy atom. The van der Waals surface area contributed by atoms with Crippen molar-refractivity contribution in [1.29, 1.82) is 0 Å². The average molecular weight is 226 g/mol. The molecule has 82 valence electrons. The van der Waals surface area contributed by atoms with Crippen LogP contribution in [0.1, 0.15) is 28.9 Å². The summed E-state index contributed by atoms with van der Waals surface area (Å²) >= 11 is 1.41. The molecule has 1 aromatic heterocycles. The molecule has 1 aliphatic rings. The minimum atomic E-state index is -0.219. The number of esters is 1. The maximum atomic E-state index is 11.4. The van der Waals surface area contributed by atoms with Crippen LogP contribution < -0.4 is 0 Å². The van der Waals surface area contributed by atoms with Gasteiger partial charge >= 0.3 is 5.97 Å². The predicted molar refractivity (Wildman–Crippen MR) is 58.2 cm³/mol. The maximum absolute atomic E-state index is 11.4. The summed E-state index contributed by atoms with van der Waals surface area (Å²) in [5, 5.41) is 1.87. The number of rotatable bonds is 4. The van der Waals surface area contributed by atoms with Crippen LogP contribution >= 0.6 is 11.3 Å². The first-order valence-corrected chi connectivity index (χ1v) is 6.06. The van der Waals surface area contributed by atoms with E-state index in [1.807, 2.05) is 11.4 Å². The smallest absolute Gasteiger partial charge is 0.348 e. The highest BCUT2D eigenvalue weighted by Gasteiger charge is 2.16. The number of hydrogen-bond acceptors (Lipinski definition) is 4. The number of hydrogen-bond donors (Lipinski definition) is 0. The van der Waals surface area contributed by atoms with Crippen LogP contribution in [0.5, 0.6) is 0 Å². The summed E-state index contributed by atoms with van der Waals surface area (Å²) in [6.45, 7) is 1.31. The van der Waals surface area contributed by atoms with Gasteiger partial charge in [0.25, 0.3) is 0 Å². The Labute approximate surface area is 93.0 Å². The molecule has 0 aliphatic carbocycles. The topological polar surface area (TPSA) is 35.5 Å². The quantitative estimate of drug-likeness (QED) is 0.740. The van der Waals surface area contributed by atoms with Crippen LogP contribution in [0, 0.1) is 0 Å². The summed E-state index contributed by atoms with van der Waals surface area (Å²) < 4.78 is 10.6. The number of ether oxygens (including phenoxy) is 2. The molecule has 1 unspecified atom stereocenters. The van der Waals surface area contributed by atoms with Crippen molar-refractivity contribution in [3.05, 3.63) is 22.4 Å². The Morgan fingerprint density at radius 2 is 2.60 bits per heavy atom. The molecule has 15 heavy (non-hydrogen) atoms. The summed E-state index contributed by atoms with van der Waals surface area (Å²) in [7, 11) is 0. The largest absolute Gasteiger partial charge is 0.461 e. The first kappa shape index (κ1) is 10.6. The van der Waals surface area contributed by atoms with E-state index in [2.05, 4.69) is 0 Å². The lowest BCUT2D eigenvalue weighted by atomic mass is 10.2. The van der Waals surface area contributed by atoms with Crippen molar-refractivity contribution in [2.45, 2.75) is 25.4 Å². The third kappa shape index (κ3) is 3.04. The lowest BCUT2D eigenvalue weighted by molar-refractivity contribution is 0.0391. The second-order valence-electron chi connectivity index (χ2n) is 3.54. The van der Waals surface area contributed by atoms with Gasteiger partial charge in [0.2, 0.25) is 0 Å². The van der Waals surface area contributed by atoms with E-state index in [1.54, 1.807) is 6.07 Å². The van der Waals surface area contributed by atoms with Crippen molar-refractivity contribution in [3.63, 3.8) is 0 Å². The zero-order chi connectivity index (χ0) is 10.5. The zero-order valence-corrected chi connectivity index (χ0v) is 9.29. The van der Waals surface area contributed by atoms with E-state index in [9.17, 15) is 4.79 Å². The molecule has 1 aromatic rings. The van der Waals surface area contributed by atoms with Gasteiger partial charge in [-0.15, -0.1) is 11.3 Å². The zero-order valence-electron chi connectivity index (χ0n) is 8.48. The molecule has 0 N–H and O–H groups in total. The van der Waals surface area contributed by atoms with Gasteiger partial charge in [0, 0.05) is 13.0 Å². The Bertz CT molecular complexity index is 302. The summed E-state index contributed by atoms with van der Waals surface area (Å²) in [6.07, 6.45) is 3.33. The molecule has 4 heteroatoms. The first-order valence-electron chi connectivity index (χ1n) is 5.18. The minimum Gasteiger partial charge on any atom is -0.461 e. The van der Waals surface area contributed by atoms with Gasteiger partial charge in [-0.2, -0.15) is 0 Å². The number of carbonyl (C=O) groups excluding carboxylic acids is 1. The van der Waals surface area contributed by atoms with Gasteiger partial charge in [-0.1, -0.05) is 6.07 Å². The molecule has 1 aliphatic heterocycles. The SMILES string of the molecule is O=C(OCCC1CCCO1)c1cccs1. The van der Waals surface area contributed by atoms with Gasteiger partial charge < -0.3 is 9.47 Å². The Morgan fingerprint density at radius 1 is 1.67 bits per heavy atom. The minimum absolute atomic E-state index is 0.219. The highest BCUT2D eigenvalue weighted by molar-refractivity contribution is 7.11. The van der Waals surface area contributed by atoms with Crippen LogP contribution in [0.25, 0.3) is 0 Å². The second kappa shape index (κ2) is 5.28. The van der Waals surface area contributed by atoms with Crippen molar-refractivity contribution >= 4 is 17.3 Å². The number of thiophene rings is 1. The highest BCUT2D eigenvalue weighted by atomic mass is 32.1. The normalized spacial score (nSPS) is 20.4. The van der Waals surface area contributed by atoms with Gasteiger partial charge in [-0.3, -0.25) is 0 Å². The van der Waals surface area contributed by atoms with Crippen molar-refractivity contribution in [2.75, 3.05) is 13.2 Å². The third-order valence-corrected chi connectivity index (χ3v) is 3.27. The molecule has 3 nitrogen and oxygen atoms in total. The Hall–Kier alpha value is -0.870. The van der Waals surface area contributed by atoms with Gasteiger partial charge in [0.05, 0.1) is 12.7 Å². The van der Waals surface area contributed by atoms with E-state index >= 15 is 0 Å². The molecule has 0 amide bonds. The molecule has 1 fully saturated rings. The van der Waals surface area contributed by atoms with Crippen LogP contribution in [0.4, 0.5) is 0 Å². The highest BCUT2D eigenvalue weighted by Crippen LogP contribution is 2.16. The van der Waals surface area contributed by atoms with Gasteiger partial charge in [0.1, 0.15) is 4.88 Å². The van der Waals surface area contributed by atoms with Crippen molar-refractivity contribution in [3.8, 4) is 0 Å². The van der Waals surface area contributed by atoms with Crippen LogP contribution in [0.2, 0.25) is 0 Å². The molecule has 0 aromatic carbocycles. The van der Waals surface area contributed by atoms with Crippen molar-refractivity contribution < 1.29 is 14.3 Å². The molecule has 0 saturated carbocycles. The standard InChI is InChI=1S/C11H14O3S/c12-11(10-4-2-8-15-10)14-7-5-9-3-1-6-13-9/h2,4,8-9H,1,3,5-7H2.